The van der Waals surface area contributed by atoms with Gasteiger partial charge in [-0.05, 0) is 28.1 Å². The van der Waals surface area contributed by atoms with E-state index in [1.54, 1.807) is 23.3 Å². The number of aromatic nitrogens is 2. The van der Waals surface area contributed by atoms with E-state index >= 15 is 0 Å². The molecule has 2 rings (SSSR count). The first kappa shape index (κ1) is 14.9. The van der Waals surface area contributed by atoms with Gasteiger partial charge in [0.15, 0.2) is 0 Å². The fraction of sp³-hybridized carbons (Fsp3) is 0.182. The summed E-state index contributed by atoms with van der Waals surface area (Å²) in [5.41, 5.74) is 5.41. The third-order valence-electron chi connectivity index (χ3n) is 2.56. The van der Waals surface area contributed by atoms with Gasteiger partial charge in [0.2, 0.25) is 10.0 Å². The number of sulfonamides is 1. The van der Waals surface area contributed by atoms with Crippen molar-refractivity contribution in [3.8, 4) is 0 Å². The molecule has 1 aromatic carbocycles. The normalized spacial score (nSPS) is 11.7. The zero-order valence-corrected chi connectivity index (χ0v) is 12.7. The first-order chi connectivity index (χ1) is 9.40. The molecule has 0 radical (unpaired) electrons. The molecule has 0 bridgehead atoms. The molecule has 0 aliphatic rings. The lowest BCUT2D eigenvalue weighted by Gasteiger charge is -2.10. The van der Waals surface area contributed by atoms with Crippen molar-refractivity contribution in [1.82, 2.24) is 14.3 Å². The monoisotopic (exact) mass is 362 g/mol. The average Bonchev–Trinajstić information content (AvgIpc) is 2.86. The third kappa shape index (κ3) is 3.35. The van der Waals surface area contributed by atoms with Gasteiger partial charge in [-0.15, -0.1) is 0 Å². The fourth-order valence-electron chi connectivity index (χ4n) is 1.58. The summed E-state index contributed by atoms with van der Waals surface area (Å²) in [5, 5.41) is 0. The summed E-state index contributed by atoms with van der Waals surface area (Å²) >= 11 is 2.94. The van der Waals surface area contributed by atoms with Crippen LogP contribution in [0.25, 0.3) is 0 Å². The molecule has 0 saturated carbocycles. The van der Waals surface area contributed by atoms with Crippen molar-refractivity contribution in [2.75, 3.05) is 12.3 Å². The molecular weight excluding hydrogens is 351 g/mol. The topological polar surface area (TPSA) is 90.0 Å². The molecule has 20 heavy (non-hydrogen) atoms. The summed E-state index contributed by atoms with van der Waals surface area (Å²) in [6.45, 7) is 0.606. The van der Waals surface area contributed by atoms with Gasteiger partial charge < -0.3 is 10.3 Å². The Hall–Kier alpha value is -1.45. The SMILES string of the molecule is Nc1cc(F)c(Br)cc1S(=O)(=O)NCCn1ccnc1. The number of nitrogens with two attached hydrogens (primary N) is 1. The fourth-order valence-corrected chi connectivity index (χ4v) is 3.24. The van der Waals surface area contributed by atoms with E-state index in [2.05, 4.69) is 25.6 Å². The summed E-state index contributed by atoms with van der Waals surface area (Å²) in [4.78, 5) is 3.69. The Labute approximate surface area is 124 Å². The second-order valence-electron chi connectivity index (χ2n) is 4.00. The van der Waals surface area contributed by atoms with E-state index in [1.807, 2.05) is 0 Å². The standard InChI is InChI=1S/C11H12BrFN4O2S/c12-8-5-11(10(14)6-9(8)13)20(18,19)16-2-4-17-3-1-15-7-17/h1,3,5-7,16H,2,4,14H2. The molecule has 0 aliphatic heterocycles. The van der Waals surface area contributed by atoms with Gasteiger partial charge in [0, 0.05) is 25.5 Å². The van der Waals surface area contributed by atoms with Crippen molar-refractivity contribution in [3.05, 3.63) is 41.1 Å². The van der Waals surface area contributed by atoms with Gasteiger partial charge in [-0.1, -0.05) is 0 Å². The van der Waals surface area contributed by atoms with Crippen LogP contribution in [0.5, 0.6) is 0 Å². The van der Waals surface area contributed by atoms with Gasteiger partial charge >= 0.3 is 0 Å². The Balaban J connectivity index is 2.12. The van der Waals surface area contributed by atoms with Crippen molar-refractivity contribution in [3.63, 3.8) is 0 Å². The number of nitrogens with zero attached hydrogens (tertiary/aromatic N) is 2. The second kappa shape index (κ2) is 5.90. The molecule has 0 amide bonds. The molecule has 0 unspecified atom stereocenters. The predicted molar refractivity (Wildman–Crippen MR) is 75.9 cm³/mol. The average molecular weight is 363 g/mol. The highest BCUT2D eigenvalue weighted by atomic mass is 79.9. The molecule has 2 aromatic rings. The van der Waals surface area contributed by atoms with Crippen LogP contribution in [0.15, 0.2) is 40.2 Å². The lowest BCUT2D eigenvalue weighted by molar-refractivity contribution is 0.572. The zero-order chi connectivity index (χ0) is 14.8. The summed E-state index contributed by atoms with van der Waals surface area (Å²) in [7, 11) is -3.79. The van der Waals surface area contributed by atoms with Gasteiger partial charge in [0.1, 0.15) is 10.7 Å². The van der Waals surface area contributed by atoms with Crippen LogP contribution in [-0.2, 0) is 16.6 Å². The van der Waals surface area contributed by atoms with Gasteiger partial charge in [0.25, 0.3) is 0 Å². The number of benzene rings is 1. The largest absolute Gasteiger partial charge is 0.398 e. The molecule has 0 atom stereocenters. The number of hydrogen-bond acceptors (Lipinski definition) is 4. The van der Waals surface area contributed by atoms with E-state index in [4.69, 9.17) is 5.73 Å². The van der Waals surface area contributed by atoms with Crippen molar-refractivity contribution >= 4 is 31.6 Å². The molecule has 0 spiro atoms. The van der Waals surface area contributed by atoms with E-state index in [0.717, 1.165) is 12.1 Å². The number of rotatable bonds is 5. The lowest BCUT2D eigenvalue weighted by Crippen LogP contribution is -2.28. The Bertz CT molecular complexity index is 703. The van der Waals surface area contributed by atoms with Crippen molar-refractivity contribution < 1.29 is 12.8 Å². The van der Waals surface area contributed by atoms with Gasteiger partial charge in [0.05, 0.1) is 16.5 Å². The maximum absolute atomic E-state index is 13.2. The number of hydrogen-bond donors (Lipinski definition) is 2. The first-order valence-corrected chi connectivity index (χ1v) is 7.87. The number of halogens is 2. The number of imidazole rings is 1. The highest BCUT2D eigenvalue weighted by Gasteiger charge is 2.19. The summed E-state index contributed by atoms with van der Waals surface area (Å²) in [6, 6.07) is 2.11. The van der Waals surface area contributed by atoms with E-state index in [9.17, 15) is 12.8 Å². The number of nitrogen functional groups attached to an aromatic ring is 1. The van der Waals surface area contributed by atoms with Gasteiger partial charge in [-0.25, -0.2) is 22.5 Å². The highest BCUT2D eigenvalue weighted by molar-refractivity contribution is 9.10. The Kier molecular flexibility index (Phi) is 4.41. The van der Waals surface area contributed by atoms with E-state index in [-0.39, 0.29) is 21.6 Å². The summed E-state index contributed by atoms with van der Waals surface area (Å²) < 4.78 is 41.6. The van der Waals surface area contributed by atoms with E-state index in [0.29, 0.717) is 6.54 Å². The quantitative estimate of drug-likeness (QED) is 0.785. The number of anilines is 1. The molecule has 1 aromatic heterocycles. The maximum Gasteiger partial charge on any atom is 0.242 e. The minimum absolute atomic E-state index is 0.0432. The van der Waals surface area contributed by atoms with Crippen molar-refractivity contribution in [2.24, 2.45) is 0 Å². The van der Waals surface area contributed by atoms with Crippen molar-refractivity contribution in [1.29, 1.82) is 0 Å². The van der Waals surface area contributed by atoms with Crippen LogP contribution in [0.1, 0.15) is 0 Å². The Morgan fingerprint density at radius 3 is 2.85 bits per heavy atom. The minimum atomic E-state index is -3.79. The maximum atomic E-state index is 13.2. The molecular formula is C11H12BrFN4O2S. The van der Waals surface area contributed by atoms with Gasteiger partial charge in [-0.2, -0.15) is 0 Å². The van der Waals surface area contributed by atoms with Crippen molar-refractivity contribution in [2.45, 2.75) is 11.4 Å². The molecule has 0 fully saturated rings. The van der Waals surface area contributed by atoms with Crippen LogP contribution >= 0.6 is 15.9 Å². The van der Waals surface area contributed by atoms with E-state index < -0.39 is 15.8 Å². The molecule has 1 heterocycles. The van der Waals surface area contributed by atoms with Gasteiger partial charge in [-0.3, -0.25) is 0 Å². The van der Waals surface area contributed by atoms with Crippen LogP contribution in [0, 0.1) is 5.82 Å². The zero-order valence-electron chi connectivity index (χ0n) is 10.3. The summed E-state index contributed by atoms with van der Waals surface area (Å²) in [5.74, 6) is -0.611. The molecule has 3 N–H and O–H groups in total. The molecule has 0 aliphatic carbocycles. The first-order valence-electron chi connectivity index (χ1n) is 5.60. The highest BCUT2D eigenvalue weighted by Crippen LogP contribution is 2.25. The molecule has 0 saturated heterocycles. The van der Waals surface area contributed by atoms with E-state index in [1.165, 1.54) is 0 Å². The molecule has 6 nitrogen and oxygen atoms in total. The lowest BCUT2D eigenvalue weighted by atomic mass is 10.3. The predicted octanol–water partition coefficient (Wildman–Crippen LogP) is 1.35. The second-order valence-corrected chi connectivity index (χ2v) is 6.59. The number of nitrogens with one attached hydrogen (secondary N) is 1. The minimum Gasteiger partial charge on any atom is -0.398 e. The van der Waals surface area contributed by atoms with Crippen LogP contribution in [0.2, 0.25) is 0 Å². The van der Waals surface area contributed by atoms with Crippen LogP contribution in [0.3, 0.4) is 0 Å². The third-order valence-corrected chi connectivity index (χ3v) is 4.69. The molecule has 9 heteroatoms. The Morgan fingerprint density at radius 2 is 2.20 bits per heavy atom. The summed E-state index contributed by atoms with van der Waals surface area (Å²) in [6.07, 6.45) is 4.90. The van der Waals surface area contributed by atoms with Crippen LogP contribution in [-0.4, -0.2) is 24.5 Å². The smallest absolute Gasteiger partial charge is 0.242 e. The Morgan fingerprint density at radius 1 is 1.45 bits per heavy atom. The van der Waals surface area contributed by atoms with Crippen LogP contribution in [0.4, 0.5) is 10.1 Å². The molecule has 108 valence electrons. The van der Waals surface area contributed by atoms with Crippen LogP contribution < -0.4 is 10.5 Å².